The molecule has 0 atom stereocenters. The topological polar surface area (TPSA) is 55.4 Å². The Balaban J connectivity index is 1.65. The summed E-state index contributed by atoms with van der Waals surface area (Å²) in [6.07, 6.45) is 1.69. The number of nitrogens with one attached hydrogen (secondary N) is 1. The van der Waals surface area contributed by atoms with Crippen LogP contribution in [0.25, 0.3) is 6.08 Å². The molecule has 1 aromatic carbocycles. The first-order valence-corrected chi connectivity index (χ1v) is 7.90. The number of hydrogen-bond donors (Lipinski definition) is 1. The molecular weight excluding hydrogens is 306 g/mol. The minimum atomic E-state index is -0.344. The Bertz CT molecular complexity index is 690. The molecule has 21 heavy (non-hydrogen) atoms. The van der Waals surface area contributed by atoms with Crippen LogP contribution in [0.1, 0.15) is 10.4 Å². The molecule has 0 saturated carbocycles. The van der Waals surface area contributed by atoms with Gasteiger partial charge in [-0.15, -0.1) is 11.3 Å². The molecule has 1 saturated heterocycles. The first-order valence-electron chi connectivity index (χ1n) is 6.21. The molecule has 0 bridgehead atoms. The lowest BCUT2D eigenvalue weighted by Gasteiger charge is -2.04. The van der Waals surface area contributed by atoms with Crippen LogP contribution in [0.5, 0.6) is 5.75 Å². The van der Waals surface area contributed by atoms with E-state index in [0.717, 1.165) is 23.1 Å². The molecule has 2 aromatic rings. The highest BCUT2D eigenvalue weighted by Crippen LogP contribution is 2.26. The molecule has 1 N–H and O–H groups in total. The maximum absolute atomic E-state index is 11.4. The normalized spacial score (nSPS) is 16.3. The van der Waals surface area contributed by atoms with Crippen molar-refractivity contribution in [3.05, 3.63) is 57.1 Å². The summed E-state index contributed by atoms with van der Waals surface area (Å²) >= 11 is 2.57. The first-order chi connectivity index (χ1) is 10.2. The third-order valence-electron chi connectivity index (χ3n) is 2.78. The van der Waals surface area contributed by atoms with Crippen LogP contribution in [-0.2, 0) is 11.4 Å². The monoisotopic (exact) mass is 317 g/mol. The van der Waals surface area contributed by atoms with Crippen molar-refractivity contribution in [3.63, 3.8) is 0 Å². The van der Waals surface area contributed by atoms with E-state index in [0.29, 0.717) is 11.5 Å². The second kappa shape index (κ2) is 6.15. The maximum atomic E-state index is 11.4. The summed E-state index contributed by atoms with van der Waals surface area (Å²) in [6.45, 7) is 0.546. The number of ether oxygens (including phenoxy) is 1. The van der Waals surface area contributed by atoms with Gasteiger partial charge in [-0.3, -0.25) is 14.9 Å². The van der Waals surface area contributed by atoms with Gasteiger partial charge >= 0.3 is 0 Å². The van der Waals surface area contributed by atoms with E-state index in [1.807, 2.05) is 41.8 Å². The summed E-state index contributed by atoms with van der Waals surface area (Å²) in [5, 5.41) is 3.91. The van der Waals surface area contributed by atoms with Gasteiger partial charge in [0.15, 0.2) is 0 Å². The first kappa shape index (κ1) is 13.9. The van der Waals surface area contributed by atoms with Crippen LogP contribution < -0.4 is 10.1 Å². The number of amides is 2. The van der Waals surface area contributed by atoms with E-state index in [1.54, 1.807) is 17.4 Å². The lowest BCUT2D eigenvalue weighted by atomic mass is 10.2. The average molecular weight is 317 g/mol. The predicted molar refractivity (Wildman–Crippen MR) is 84.2 cm³/mol. The maximum Gasteiger partial charge on any atom is 0.290 e. The number of hydrogen-bond acceptors (Lipinski definition) is 5. The number of imide groups is 1. The summed E-state index contributed by atoms with van der Waals surface area (Å²) in [5.74, 6) is 0.424. The Hall–Kier alpha value is -2.05. The van der Waals surface area contributed by atoms with E-state index in [-0.39, 0.29) is 11.1 Å². The molecule has 1 fully saturated rings. The van der Waals surface area contributed by atoms with Crippen molar-refractivity contribution in [1.29, 1.82) is 0 Å². The van der Waals surface area contributed by atoms with Crippen LogP contribution in [0.3, 0.4) is 0 Å². The van der Waals surface area contributed by atoms with Crippen LogP contribution in [0, 0.1) is 0 Å². The fourth-order valence-corrected chi connectivity index (χ4v) is 3.08. The van der Waals surface area contributed by atoms with E-state index in [1.165, 1.54) is 4.88 Å². The number of carbonyl (C=O) groups is 2. The molecule has 4 nitrogen and oxygen atoms in total. The Labute approximate surface area is 129 Å². The van der Waals surface area contributed by atoms with Crippen LogP contribution in [-0.4, -0.2) is 11.1 Å². The molecule has 2 heterocycles. The molecule has 1 aromatic heterocycles. The van der Waals surface area contributed by atoms with Crippen LogP contribution in [0.4, 0.5) is 4.79 Å². The summed E-state index contributed by atoms with van der Waals surface area (Å²) in [4.78, 5) is 24.1. The molecule has 0 unspecified atom stereocenters. The van der Waals surface area contributed by atoms with Gasteiger partial charge in [0, 0.05) is 4.88 Å². The lowest BCUT2D eigenvalue weighted by Crippen LogP contribution is -2.17. The Morgan fingerprint density at radius 1 is 1.14 bits per heavy atom. The number of thioether (sulfide) groups is 1. The molecular formula is C15H11NO3S2. The number of carbonyl (C=O) groups excluding carboxylic acids is 2. The highest BCUT2D eigenvalue weighted by atomic mass is 32.2. The van der Waals surface area contributed by atoms with Crippen molar-refractivity contribution in [3.8, 4) is 5.75 Å². The number of benzene rings is 1. The predicted octanol–water partition coefficient (Wildman–Crippen LogP) is 3.65. The molecule has 106 valence electrons. The molecule has 6 heteroatoms. The number of rotatable bonds is 4. The summed E-state index contributed by atoms with van der Waals surface area (Å²) in [7, 11) is 0. The average Bonchev–Trinajstić information content (AvgIpc) is 3.08. The van der Waals surface area contributed by atoms with E-state index < -0.39 is 0 Å². The minimum absolute atomic E-state index is 0.331. The SMILES string of the molecule is O=C1NC(=O)C(=Cc2ccc(OCc3cccs3)cc2)S1. The summed E-state index contributed by atoms with van der Waals surface area (Å²) in [6, 6.07) is 11.4. The Morgan fingerprint density at radius 3 is 2.57 bits per heavy atom. The Morgan fingerprint density at radius 2 is 1.95 bits per heavy atom. The van der Waals surface area contributed by atoms with Gasteiger partial charge < -0.3 is 4.74 Å². The van der Waals surface area contributed by atoms with Crippen LogP contribution in [0.15, 0.2) is 46.7 Å². The van der Waals surface area contributed by atoms with Crippen molar-refractivity contribution in [1.82, 2.24) is 5.32 Å². The Kier molecular flexibility index (Phi) is 4.08. The van der Waals surface area contributed by atoms with Crippen molar-refractivity contribution in [2.75, 3.05) is 0 Å². The molecule has 0 spiro atoms. The van der Waals surface area contributed by atoms with Gasteiger partial charge in [-0.05, 0) is 47.0 Å². The van der Waals surface area contributed by atoms with Crippen molar-refractivity contribution >= 4 is 40.3 Å². The van der Waals surface area contributed by atoms with Crippen molar-refractivity contribution in [2.45, 2.75) is 6.61 Å². The minimum Gasteiger partial charge on any atom is -0.488 e. The largest absolute Gasteiger partial charge is 0.488 e. The third-order valence-corrected chi connectivity index (χ3v) is 4.44. The zero-order valence-corrected chi connectivity index (χ0v) is 12.5. The quantitative estimate of drug-likeness (QED) is 0.875. The molecule has 1 aliphatic heterocycles. The van der Waals surface area contributed by atoms with Crippen LogP contribution >= 0.6 is 23.1 Å². The van der Waals surface area contributed by atoms with E-state index in [9.17, 15) is 9.59 Å². The van der Waals surface area contributed by atoms with Crippen molar-refractivity contribution < 1.29 is 14.3 Å². The summed E-state index contributed by atoms with van der Waals surface area (Å²) < 4.78 is 5.66. The standard InChI is InChI=1S/C15H11NO3S2/c17-14-13(21-15(18)16-14)8-10-3-5-11(6-4-10)19-9-12-2-1-7-20-12/h1-8H,9H2,(H,16,17,18). The summed E-state index contributed by atoms with van der Waals surface area (Å²) in [5.41, 5.74) is 0.853. The van der Waals surface area contributed by atoms with Gasteiger partial charge in [-0.2, -0.15) is 0 Å². The second-order valence-corrected chi connectivity index (χ2v) is 6.34. The molecule has 0 aliphatic carbocycles. The van der Waals surface area contributed by atoms with E-state index in [2.05, 4.69) is 5.32 Å². The van der Waals surface area contributed by atoms with E-state index in [4.69, 9.17) is 4.74 Å². The molecule has 3 rings (SSSR count). The highest BCUT2D eigenvalue weighted by molar-refractivity contribution is 8.18. The zero-order valence-electron chi connectivity index (χ0n) is 10.9. The highest BCUT2D eigenvalue weighted by Gasteiger charge is 2.24. The van der Waals surface area contributed by atoms with Gasteiger partial charge in [0.2, 0.25) is 0 Å². The molecule has 2 amide bonds. The smallest absolute Gasteiger partial charge is 0.290 e. The third kappa shape index (κ3) is 3.53. The van der Waals surface area contributed by atoms with Gasteiger partial charge in [0.25, 0.3) is 11.1 Å². The lowest BCUT2D eigenvalue weighted by molar-refractivity contribution is -0.115. The molecule has 1 aliphatic rings. The fourth-order valence-electron chi connectivity index (χ4n) is 1.78. The zero-order chi connectivity index (χ0) is 14.7. The van der Waals surface area contributed by atoms with E-state index >= 15 is 0 Å². The van der Waals surface area contributed by atoms with Crippen LogP contribution in [0.2, 0.25) is 0 Å². The van der Waals surface area contributed by atoms with Gasteiger partial charge in [-0.1, -0.05) is 18.2 Å². The number of thiophene rings is 1. The van der Waals surface area contributed by atoms with Gasteiger partial charge in [-0.25, -0.2) is 0 Å². The fraction of sp³-hybridized carbons (Fsp3) is 0.0667. The second-order valence-electron chi connectivity index (χ2n) is 4.29. The van der Waals surface area contributed by atoms with Crippen molar-refractivity contribution in [2.24, 2.45) is 0 Å². The van der Waals surface area contributed by atoms with Gasteiger partial charge in [0.05, 0.1) is 4.91 Å². The molecule has 0 radical (unpaired) electrons. The van der Waals surface area contributed by atoms with Gasteiger partial charge in [0.1, 0.15) is 12.4 Å².